The Morgan fingerprint density at radius 1 is 0.612 bits per heavy atom. The van der Waals surface area contributed by atoms with Crippen LogP contribution in [0.1, 0.15) is 0 Å². The summed E-state index contributed by atoms with van der Waals surface area (Å²) in [6, 6.07) is 18.9. The maximum Gasteiger partial charge on any atom is 0.227 e. The van der Waals surface area contributed by atoms with Gasteiger partial charge in [-0.2, -0.15) is 14.9 Å². The Morgan fingerprint density at radius 2 is 1.35 bits per heavy atom. The van der Waals surface area contributed by atoms with E-state index in [9.17, 15) is 5.21 Å². The summed E-state index contributed by atoms with van der Waals surface area (Å²) in [6.07, 6.45) is 16.4. The van der Waals surface area contributed by atoms with Crippen molar-refractivity contribution in [2.45, 2.75) is 0 Å². The summed E-state index contributed by atoms with van der Waals surface area (Å²) in [4.78, 5) is 32.5. The van der Waals surface area contributed by atoms with Crippen LogP contribution in [0.4, 0.5) is 23.3 Å². The summed E-state index contributed by atoms with van der Waals surface area (Å²) in [6.45, 7) is 0. The summed E-state index contributed by atoms with van der Waals surface area (Å²) in [5.41, 5.74) is 6.52. The van der Waals surface area contributed by atoms with Crippen LogP contribution in [-0.2, 0) is 0 Å². The Hall–Kier alpha value is -6.58. The van der Waals surface area contributed by atoms with E-state index in [1.807, 2.05) is 59.3 Å². The van der Waals surface area contributed by atoms with Gasteiger partial charge in [0.2, 0.25) is 18.1 Å². The van der Waals surface area contributed by atoms with Crippen molar-refractivity contribution in [1.29, 1.82) is 0 Å². The summed E-state index contributed by atoms with van der Waals surface area (Å²) >= 11 is 3.22. The average Bonchev–Trinajstić information content (AvgIpc) is 3.89. The Kier molecular flexibility index (Phi) is 9.43. The van der Waals surface area contributed by atoms with Gasteiger partial charge in [-0.3, -0.25) is 4.98 Å². The van der Waals surface area contributed by atoms with E-state index in [-0.39, 0.29) is 0 Å². The smallest absolute Gasteiger partial charge is 0.227 e. The molecule has 0 saturated heterocycles. The number of aromatic nitrogens is 10. The van der Waals surface area contributed by atoms with Crippen molar-refractivity contribution in [3.63, 3.8) is 0 Å². The van der Waals surface area contributed by atoms with E-state index in [1.165, 1.54) is 18.7 Å². The first-order valence-electron chi connectivity index (χ1n) is 14.7. The summed E-state index contributed by atoms with van der Waals surface area (Å²) in [7, 11) is 0. The molecule has 0 fully saturated rings. The molecule has 13 nitrogen and oxygen atoms in total. The van der Waals surface area contributed by atoms with Gasteiger partial charge in [-0.15, -0.1) is 22.7 Å². The molecular formula is C34H24N12OS2. The van der Waals surface area contributed by atoms with Crippen molar-refractivity contribution in [2.75, 3.05) is 10.6 Å². The molecule has 8 aromatic heterocycles. The van der Waals surface area contributed by atoms with E-state index in [0.717, 1.165) is 53.9 Å². The van der Waals surface area contributed by atoms with Crippen LogP contribution in [0.2, 0.25) is 0 Å². The van der Waals surface area contributed by atoms with E-state index < -0.39 is 0 Å². The van der Waals surface area contributed by atoms with Crippen LogP contribution in [0.15, 0.2) is 134 Å². The molecule has 8 heterocycles. The highest BCUT2D eigenvalue weighted by Crippen LogP contribution is 2.34. The predicted octanol–water partition coefficient (Wildman–Crippen LogP) is 6.84. The lowest BCUT2D eigenvalue weighted by Gasteiger charge is -2.10. The van der Waals surface area contributed by atoms with Crippen LogP contribution >= 0.6 is 22.7 Å². The molecule has 0 aliphatic carbocycles. The van der Waals surface area contributed by atoms with E-state index in [0.29, 0.717) is 17.6 Å². The molecule has 0 unspecified atom stereocenters. The fourth-order valence-electron chi connectivity index (χ4n) is 4.61. The predicted molar refractivity (Wildman–Crippen MR) is 189 cm³/mol. The highest BCUT2D eigenvalue weighted by Gasteiger charge is 2.15. The highest BCUT2D eigenvalue weighted by molar-refractivity contribution is 7.13. The van der Waals surface area contributed by atoms with Crippen molar-refractivity contribution in [1.82, 2.24) is 45.1 Å². The fourth-order valence-corrected chi connectivity index (χ4v) is 6.06. The van der Waals surface area contributed by atoms with Gasteiger partial charge in [0.1, 0.15) is 12.0 Å². The third kappa shape index (κ3) is 7.70. The molecule has 49 heavy (non-hydrogen) atoms. The molecule has 8 rings (SSSR count). The maximum absolute atomic E-state index is 11.4. The lowest BCUT2D eigenvalue weighted by Crippen LogP contribution is -2.24. The van der Waals surface area contributed by atoms with Gasteiger partial charge < -0.3 is 15.8 Å². The second-order valence-electron chi connectivity index (χ2n) is 10.0. The van der Waals surface area contributed by atoms with E-state index in [1.54, 1.807) is 78.2 Å². The Morgan fingerprint density at radius 3 is 1.98 bits per heavy atom. The van der Waals surface area contributed by atoms with Gasteiger partial charge in [-0.25, -0.2) is 29.9 Å². The van der Waals surface area contributed by atoms with Crippen molar-refractivity contribution in [2.24, 2.45) is 0 Å². The Labute approximate surface area is 287 Å². The van der Waals surface area contributed by atoms with Gasteiger partial charge in [0.15, 0.2) is 6.20 Å². The molecule has 0 radical (unpaired) electrons. The van der Waals surface area contributed by atoms with Gasteiger partial charge in [0.05, 0.1) is 51.1 Å². The number of rotatable bonds is 8. The molecule has 0 aromatic carbocycles. The molecule has 238 valence electrons. The summed E-state index contributed by atoms with van der Waals surface area (Å²) < 4.78 is 0.720. The molecule has 0 aliphatic heterocycles. The monoisotopic (exact) mass is 680 g/mol. The van der Waals surface area contributed by atoms with Gasteiger partial charge in [-0.1, -0.05) is 12.1 Å². The number of hydrogen-bond acceptors (Lipinski definition) is 14. The van der Waals surface area contributed by atoms with E-state index in [2.05, 4.69) is 50.7 Å². The van der Waals surface area contributed by atoms with E-state index in [4.69, 9.17) is 4.98 Å². The topological polar surface area (TPSA) is 167 Å². The highest BCUT2D eigenvalue weighted by atomic mass is 32.1. The Bertz CT molecular complexity index is 2240. The molecule has 0 bridgehead atoms. The van der Waals surface area contributed by atoms with Crippen molar-refractivity contribution in [3.05, 3.63) is 139 Å². The molecule has 15 heteroatoms. The van der Waals surface area contributed by atoms with Crippen molar-refractivity contribution in [3.8, 4) is 43.5 Å². The minimum atomic E-state index is 0.410. The largest absolute Gasteiger partial charge is 0.619 e. The zero-order valence-electron chi connectivity index (χ0n) is 25.4. The number of anilines is 4. The van der Waals surface area contributed by atoms with Gasteiger partial charge >= 0.3 is 0 Å². The van der Waals surface area contributed by atoms with Crippen LogP contribution in [0, 0.1) is 5.21 Å². The van der Waals surface area contributed by atoms with Gasteiger partial charge in [-0.05, 0) is 53.2 Å². The van der Waals surface area contributed by atoms with Crippen molar-refractivity contribution < 1.29 is 4.73 Å². The second kappa shape index (κ2) is 14.9. The van der Waals surface area contributed by atoms with Crippen LogP contribution in [0.25, 0.3) is 43.5 Å². The number of nitrogens with one attached hydrogen (secondary N) is 2. The number of pyridine rings is 2. The molecule has 0 spiro atoms. The normalized spacial score (nSPS) is 10.5. The molecule has 0 saturated carbocycles. The van der Waals surface area contributed by atoms with Gasteiger partial charge in [0.25, 0.3) is 0 Å². The molecule has 0 aliphatic rings. The first-order valence-corrected chi connectivity index (χ1v) is 16.4. The third-order valence-corrected chi connectivity index (χ3v) is 8.54. The van der Waals surface area contributed by atoms with Crippen LogP contribution in [0.3, 0.4) is 0 Å². The zero-order chi connectivity index (χ0) is 33.3. The maximum atomic E-state index is 11.4. The lowest BCUT2D eigenvalue weighted by atomic mass is 10.1. The Balaban J connectivity index is 0.000000154. The lowest BCUT2D eigenvalue weighted by molar-refractivity contribution is -0.604. The second-order valence-corrected chi connectivity index (χ2v) is 11.9. The molecular weight excluding hydrogens is 657 g/mol. The minimum absolute atomic E-state index is 0.410. The first-order chi connectivity index (χ1) is 24.2. The zero-order valence-corrected chi connectivity index (χ0v) is 27.0. The summed E-state index contributed by atoms with van der Waals surface area (Å²) in [5, 5.41) is 29.4. The third-order valence-electron chi connectivity index (χ3n) is 6.79. The number of thiophene rings is 2. The molecule has 8 aromatic rings. The molecule has 0 amide bonds. The molecule has 0 atom stereocenters. The molecule has 2 N–H and O–H groups in total. The first kappa shape index (κ1) is 31.0. The number of hydrogen-bond donors (Lipinski definition) is 2. The van der Waals surface area contributed by atoms with E-state index >= 15 is 0 Å². The number of nitrogens with zero attached hydrogens (tertiary/aromatic N) is 10. The van der Waals surface area contributed by atoms with Crippen LogP contribution < -0.4 is 15.4 Å². The van der Waals surface area contributed by atoms with Crippen LogP contribution in [0.5, 0.6) is 0 Å². The average molecular weight is 681 g/mol. The minimum Gasteiger partial charge on any atom is -0.619 e. The standard InChI is InChI=1S/C17H12N6OS.C17H12N6S/c24-23-7-1-3-12(10-23)21-17-19-9-13(14-5-6-18-11-20-14)16(22-17)15-4-2-8-25-15;1-3-13(10-18-6-1)22-17-19-11-14(12-5-7-20-21-9-12)16(23-17)15-4-2-8-24-15/h1-11H,(H,19,21,22);1-11H,(H,19,22,23). The quantitative estimate of drug-likeness (QED) is 0.127. The SMILES string of the molecule is [O-][n+]1cccc(Nc2ncc(-c3ccncn3)c(-c3cccs3)n2)c1.c1cncc(Nc2ncc(-c3ccnnc3)c(-c3cccs3)n2)c1. The van der Waals surface area contributed by atoms with Gasteiger partial charge in [0, 0.05) is 47.5 Å². The van der Waals surface area contributed by atoms with Crippen molar-refractivity contribution >= 4 is 45.9 Å². The fraction of sp³-hybridized carbons (Fsp3) is 0. The van der Waals surface area contributed by atoms with Crippen LogP contribution in [-0.4, -0.2) is 45.1 Å². The summed E-state index contributed by atoms with van der Waals surface area (Å²) in [5.74, 6) is 0.935.